The van der Waals surface area contributed by atoms with Crippen LogP contribution in [-0.4, -0.2) is 5.11 Å². The van der Waals surface area contributed by atoms with Crippen LogP contribution in [0.5, 0.6) is 5.75 Å². The first-order valence-electron chi connectivity index (χ1n) is 4.82. The topological polar surface area (TPSA) is 20.2 Å². The van der Waals surface area contributed by atoms with Crippen LogP contribution in [0.15, 0.2) is 16.6 Å². The van der Waals surface area contributed by atoms with Gasteiger partial charge in [-0.15, -0.1) is 0 Å². The molecule has 1 aromatic rings. The zero-order valence-corrected chi connectivity index (χ0v) is 9.77. The van der Waals surface area contributed by atoms with E-state index in [0.717, 1.165) is 19.3 Å². The van der Waals surface area contributed by atoms with E-state index in [2.05, 4.69) is 22.9 Å². The number of phenolic OH excluding ortho intramolecular Hbond substituents is 1. The molecule has 1 nitrogen and oxygen atoms in total. The second-order valence-electron chi connectivity index (χ2n) is 3.33. The number of unbranched alkanes of at least 4 members (excludes halogenated alkanes) is 2. The molecule has 0 aliphatic heterocycles. The van der Waals surface area contributed by atoms with E-state index in [1.807, 2.05) is 0 Å². The third kappa shape index (κ3) is 2.71. The van der Waals surface area contributed by atoms with Gasteiger partial charge in [-0.3, -0.25) is 0 Å². The first kappa shape index (κ1) is 11.5. The van der Waals surface area contributed by atoms with Gasteiger partial charge in [0.15, 0.2) is 11.6 Å². The van der Waals surface area contributed by atoms with Crippen LogP contribution in [0.2, 0.25) is 0 Å². The standard InChI is InChI=1S/C11H14BrFO/c1-2-3-4-5-8-6-7-9(12)11(14)10(8)13/h6-7,14H,2-5H2,1H3. The number of hydrogen-bond acceptors (Lipinski definition) is 1. The Morgan fingerprint density at radius 2 is 2.07 bits per heavy atom. The Morgan fingerprint density at radius 3 is 2.71 bits per heavy atom. The predicted octanol–water partition coefficient (Wildman–Crippen LogP) is 4.03. The number of hydrogen-bond donors (Lipinski definition) is 1. The second kappa shape index (κ2) is 5.35. The van der Waals surface area contributed by atoms with E-state index in [1.54, 1.807) is 12.1 Å². The average Bonchev–Trinajstić information content (AvgIpc) is 2.18. The van der Waals surface area contributed by atoms with E-state index in [9.17, 15) is 9.50 Å². The maximum Gasteiger partial charge on any atom is 0.169 e. The van der Waals surface area contributed by atoms with Crippen molar-refractivity contribution in [3.63, 3.8) is 0 Å². The Hall–Kier alpha value is -0.570. The molecule has 1 rings (SSSR count). The Bertz CT molecular complexity index is 312. The summed E-state index contributed by atoms with van der Waals surface area (Å²) < 4.78 is 13.8. The highest BCUT2D eigenvalue weighted by Gasteiger charge is 2.09. The highest BCUT2D eigenvalue weighted by atomic mass is 79.9. The molecule has 0 radical (unpaired) electrons. The molecule has 14 heavy (non-hydrogen) atoms. The molecule has 0 bridgehead atoms. The molecule has 0 saturated heterocycles. The molecule has 0 fully saturated rings. The Labute approximate surface area is 92.1 Å². The van der Waals surface area contributed by atoms with Crippen molar-refractivity contribution in [2.45, 2.75) is 32.6 Å². The van der Waals surface area contributed by atoms with Crippen molar-refractivity contribution in [2.24, 2.45) is 0 Å². The summed E-state index contributed by atoms with van der Waals surface area (Å²) in [6.45, 7) is 2.11. The Balaban J connectivity index is 2.73. The lowest BCUT2D eigenvalue weighted by Gasteiger charge is -2.05. The lowest BCUT2D eigenvalue weighted by atomic mass is 10.1. The van der Waals surface area contributed by atoms with Crippen molar-refractivity contribution in [2.75, 3.05) is 0 Å². The normalized spacial score (nSPS) is 10.5. The third-order valence-electron chi connectivity index (χ3n) is 2.20. The third-order valence-corrected chi connectivity index (χ3v) is 2.84. The van der Waals surface area contributed by atoms with Crippen LogP contribution in [0.4, 0.5) is 4.39 Å². The number of rotatable bonds is 4. The molecule has 1 N–H and O–H groups in total. The summed E-state index contributed by atoms with van der Waals surface area (Å²) in [5.41, 5.74) is 0.596. The quantitative estimate of drug-likeness (QED) is 0.811. The van der Waals surface area contributed by atoms with Gasteiger partial charge in [0.05, 0.1) is 4.47 Å². The zero-order chi connectivity index (χ0) is 10.6. The summed E-state index contributed by atoms with van der Waals surface area (Å²) >= 11 is 3.07. The molecule has 0 aliphatic rings. The summed E-state index contributed by atoms with van der Waals surface area (Å²) in [5, 5.41) is 9.32. The highest BCUT2D eigenvalue weighted by Crippen LogP contribution is 2.29. The molecule has 3 heteroatoms. The highest BCUT2D eigenvalue weighted by molar-refractivity contribution is 9.10. The summed E-state index contributed by atoms with van der Waals surface area (Å²) in [6, 6.07) is 3.40. The molecular weight excluding hydrogens is 247 g/mol. The second-order valence-corrected chi connectivity index (χ2v) is 4.18. The summed E-state index contributed by atoms with van der Waals surface area (Å²) in [4.78, 5) is 0. The number of phenols is 1. The monoisotopic (exact) mass is 260 g/mol. The van der Waals surface area contributed by atoms with Gasteiger partial charge in [-0.2, -0.15) is 0 Å². The van der Waals surface area contributed by atoms with E-state index in [4.69, 9.17) is 0 Å². The number of aryl methyl sites for hydroxylation is 1. The van der Waals surface area contributed by atoms with Gasteiger partial charge in [0.1, 0.15) is 0 Å². The van der Waals surface area contributed by atoms with Crippen molar-refractivity contribution in [1.29, 1.82) is 0 Å². The minimum atomic E-state index is -0.490. The maximum absolute atomic E-state index is 13.4. The van der Waals surface area contributed by atoms with Gasteiger partial charge in [-0.1, -0.05) is 25.8 Å². The summed E-state index contributed by atoms with van der Waals surface area (Å²) in [6.07, 6.45) is 3.87. The molecule has 0 saturated carbocycles. The minimum absolute atomic E-state index is 0.279. The molecule has 0 aromatic heterocycles. The van der Waals surface area contributed by atoms with Crippen LogP contribution < -0.4 is 0 Å². The first-order chi connectivity index (χ1) is 6.66. The van der Waals surface area contributed by atoms with Gasteiger partial charge in [0.25, 0.3) is 0 Å². The van der Waals surface area contributed by atoms with Gasteiger partial charge >= 0.3 is 0 Å². The maximum atomic E-state index is 13.4. The number of halogens is 2. The van der Waals surface area contributed by atoms with Crippen molar-refractivity contribution in [3.05, 3.63) is 28.0 Å². The summed E-state index contributed by atoms with van der Waals surface area (Å²) in [5.74, 6) is -0.769. The molecule has 0 amide bonds. The largest absolute Gasteiger partial charge is 0.504 e. The van der Waals surface area contributed by atoms with E-state index in [0.29, 0.717) is 16.5 Å². The van der Waals surface area contributed by atoms with Crippen molar-refractivity contribution in [3.8, 4) is 5.75 Å². The first-order valence-corrected chi connectivity index (χ1v) is 5.62. The fraction of sp³-hybridized carbons (Fsp3) is 0.455. The molecule has 0 spiro atoms. The van der Waals surface area contributed by atoms with Crippen LogP contribution in [0.1, 0.15) is 31.7 Å². The zero-order valence-electron chi connectivity index (χ0n) is 8.19. The van der Waals surface area contributed by atoms with Gasteiger partial charge < -0.3 is 5.11 Å². The van der Waals surface area contributed by atoms with Gasteiger partial charge in [0, 0.05) is 0 Å². The SMILES string of the molecule is CCCCCc1ccc(Br)c(O)c1F. The van der Waals surface area contributed by atoms with Gasteiger partial charge in [0.2, 0.25) is 0 Å². The Morgan fingerprint density at radius 1 is 1.36 bits per heavy atom. The van der Waals surface area contributed by atoms with E-state index >= 15 is 0 Å². The number of aromatic hydroxyl groups is 1. The van der Waals surface area contributed by atoms with Crippen LogP contribution in [-0.2, 0) is 6.42 Å². The molecule has 0 heterocycles. The smallest absolute Gasteiger partial charge is 0.169 e. The molecule has 78 valence electrons. The average molecular weight is 261 g/mol. The lowest BCUT2D eigenvalue weighted by molar-refractivity contribution is 0.424. The van der Waals surface area contributed by atoms with E-state index < -0.39 is 5.82 Å². The molecule has 0 atom stereocenters. The van der Waals surface area contributed by atoms with E-state index in [-0.39, 0.29) is 5.75 Å². The fourth-order valence-corrected chi connectivity index (χ4v) is 1.65. The van der Waals surface area contributed by atoms with Crippen LogP contribution in [0.3, 0.4) is 0 Å². The lowest BCUT2D eigenvalue weighted by Crippen LogP contribution is -1.91. The van der Waals surface area contributed by atoms with E-state index in [1.165, 1.54) is 0 Å². The molecule has 0 aliphatic carbocycles. The molecular formula is C11H14BrFO. The van der Waals surface area contributed by atoms with Gasteiger partial charge in [-0.25, -0.2) is 4.39 Å². The fourth-order valence-electron chi connectivity index (χ4n) is 1.34. The predicted molar refractivity (Wildman–Crippen MR) is 59.0 cm³/mol. The van der Waals surface area contributed by atoms with Crippen LogP contribution in [0, 0.1) is 5.82 Å². The van der Waals surface area contributed by atoms with Crippen LogP contribution >= 0.6 is 15.9 Å². The molecule has 1 aromatic carbocycles. The van der Waals surface area contributed by atoms with Crippen molar-refractivity contribution < 1.29 is 9.50 Å². The number of benzene rings is 1. The summed E-state index contributed by atoms with van der Waals surface area (Å²) in [7, 11) is 0. The minimum Gasteiger partial charge on any atom is -0.504 e. The molecule has 0 unspecified atom stereocenters. The Kier molecular flexibility index (Phi) is 4.39. The van der Waals surface area contributed by atoms with Crippen LogP contribution in [0.25, 0.3) is 0 Å². The van der Waals surface area contributed by atoms with Gasteiger partial charge in [-0.05, 0) is 40.4 Å². The van der Waals surface area contributed by atoms with Crippen molar-refractivity contribution in [1.82, 2.24) is 0 Å². The van der Waals surface area contributed by atoms with Crippen molar-refractivity contribution >= 4 is 15.9 Å².